The number of ketones is 1. The van der Waals surface area contributed by atoms with Crippen LogP contribution < -0.4 is 0 Å². The molecule has 0 aromatic heterocycles. The Hall–Kier alpha value is -2.17. The van der Waals surface area contributed by atoms with Crippen molar-refractivity contribution in [3.05, 3.63) is 47.0 Å². The average Bonchev–Trinajstić information content (AvgIpc) is 2.78. The normalized spacial score (nSPS) is 18.2. The van der Waals surface area contributed by atoms with Gasteiger partial charge in [-0.2, -0.15) is 0 Å². The van der Waals surface area contributed by atoms with Crippen molar-refractivity contribution >= 4 is 11.7 Å². The Kier molecular flexibility index (Phi) is 5.65. The fourth-order valence-electron chi connectivity index (χ4n) is 3.07. The number of aliphatic hydroxyl groups is 1. The second-order valence-corrected chi connectivity index (χ2v) is 7.47. The Morgan fingerprint density at radius 1 is 1.24 bits per heavy atom. The van der Waals surface area contributed by atoms with Crippen LogP contribution >= 0.6 is 0 Å². The van der Waals surface area contributed by atoms with E-state index in [9.17, 15) is 19.1 Å². The van der Waals surface area contributed by atoms with Gasteiger partial charge in [0.1, 0.15) is 5.82 Å². The van der Waals surface area contributed by atoms with Gasteiger partial charge < -0.3 is 10.0 Å². The molecule has 1 amide bonds. The first kappa shape index (κ1) is 19.2. The summed E-state index contributed by atoms with van der Waals surface area (Å²) in [4.78, 5) is 26.9. The van der Waals surface area contributed by atoms with Crippen LogP contribution in [0, 0.1) is 11.2 Å². The van der Waals surface area contributed by atoms with E-state index in [1.807, 2.05) is 6.92 Å². The fraction of sp³-hybridized carbons (Fsp3) is 0.500. The molecule has 1 aliphatic rings. The Morgan fingerprint density at radius 2 is 1.88 bits per heavy atom. The van der Waals surface area contributed by atoms with Gasteiger partial charge in [-0.05, 0) is 12.5 Å². The number of halogens is 1. The Labute approximate surface area is 148 Å². The van der Waals surface area contributed by atoms with Crippen LogP contribution in [0.1, 0.15) is 58.6 Å². The lowest BCUT2D eigenvalue weighted by molar-refractivity contribution is -0.129. The molecule has 1 N–H and O–H groups in total. The smallest absolute Gasteiger partial charge is 0.290 e. The van der Waals surface area contributed by atoms with E-state index in [0.29, 0.717) is 6.54 Å². The van der Waals surface area contributed by atoms with Crippen LogP contribution in [0.2, 0.25) is 0 Å². The summed E-state index contributed by atoms with van der Waals surface area (Å²) in [5, 5.41) is 10.4. The van der Waals surface area contributed by atoms with Crippen LogP contribution in [-0.4, -0.2) is 28.2 Å². The summed E-state index contributed by atoms with van der Waals surface area (Å²) in [7, 11) is 0. The second kappa shape index (κ2) is 7.38. The molecule has 5 heteroatoms. The lowest BCUT2D eigenvalue weighted by Gasteiger charge is -2.29. The van der Waals surface area contributed by atoms with E-state index < -0.39 is 28.9 Å². The molecule has 1 heterocycles. The number of hydrogen-bond acceptors (Lipinski definition) is 3. The van der Waals surface area contributed by atoms with Crippen molar-refractivity contribution in [3.63, 3.8) is 0 Å². The molecule has 0 aliphatic carbocycles. The summed E-state index contributed by atoms with van der Waals surface area (Å²) in [6.45, 7) is 7.58. The number of hydrogen-bond donors (Lipinski definition) is 1. The molecular formula is C20H26FNO3. The number of unbranched alkanes of at least 4 members (excludes halogenated alkanes) is 2. The quantitative estimate of drug-likeness (QED) is 0.780. The van der Waals surface area contributed by atoms with Crippen LogP contribution in [0.15, 0.2) is 35.6 Å². The van der Waals surface area contributed by atoms with Gasteiger partial charge in [0, 0.05) is 17.5 Å². The van der Waals surface area contributed by atoms with Gasteiger partial charge in [-0.15, -0.1) is 0 Å². The Balaban J connectivity index is 2.53. The molecule has 0 saturated heterocycles. The second-order valence-electron chi connectivity index (χ2n) is 7.47. The van der Waals surface area contributed by atoms with Crippen molar-refractivity contribution in [2.45, 2.75) is 53.0 Å². The maximum absolute atomic E-state index is 14.4. The maximum atomic E-state index is 14.4. The zero-order chi connectivity index (χ0) is 18.8. The molecule has 2 rings (SSSR count). The first-order valence-electron chi connectivity index (χ1n) is 8.73. The highest BCUT2D eigenvalue weighted by Crippen LogP contribution is 2.41. The molecule has 1 atom stereocenters. The van der Waals surface area contributed by atoms with Crippen LogP contribution in [-0.2, 0) is 9.59 Å². The van der Waals surface area contributed by atoms with Gasteiger partial charge >= 0.3 is 0 Å². The first-order chi connectivity index (χ1) is 11.7. The molecule has 1 aliphatic heterocycles. The highest BCUT2D eigenvalue weighted by atomic mass is 19.1. The standard InChI is InChI=1S/C20H26FNO3/c1-5-6-9-12-22-16(13-10-7-8-11-14(13)21)15(17(23)19(22)25)18(24)20(2,3)4/h7-8,10-11,16,23H,5-6,9,12H2,1-4H3. The highest BCUT2D eigenvalue weighted by Gasteiger charge is 2.46. The van der Waals surface area contributed by atoms with Crippen molar-refractivity contribution in [1.29, 1.82) is 0 Å². The zero-order valence-electron chi connectivity index (χ0n) is 15.3. The molecule has 136 valence electrons. The van der Waals surface area contributed by atoms with Crippen molar-refractivity contribution in [1.82, 2.24) is 4.90 Å². The van der Waals surface area contributed by atoms with Gasteiger partial charge in [-0.25, -0.2) is 4.39 Å². The van der Waals surface area contributed by atoms with Crippen LogP contribution in [0.5, 0.6) is 0 Å². The summed E-state index contributed by atoms with van der Waals surface area (Å²) in [6.07, 6.45) is 2.62. The summed E-state index contributed by atoms with van der Waals surface area (Å²) >= 11 is 0. The number of Topliss-reactive ketones (excluding diaryl/α,β-unsaturated/α-hetero) is 1. The lowest BCUT2D eigenvalue weighted by Crippen LogP contribution is -2.34. The van der Waals surface area contributed by atoms with E-state index in [-0.39, 0.29) is 16.9 Å². The summed E-state index contributed by atoms with van der Waals surface area (Å²) < 4.78 is 14.4. The molecule has 0 spiro atoms. The lowest BCUT2D eigenvalue weighted by atomic mass is 9.82. The Bertz CT molecular complexity index is 703. The number of amides is 1. The van der Waals surface area contributed by atoms with E-state index in [4.69, 9.17) is 0 Å². The number of rotatable bonds is 6. The molecule has 4 nitrogen and oxygen atoms in total. The van der Waals surface area contributed by atoms with E-state index in [0.717, 1.165) is 19.3 Å². The highest BCUT2D eigenvalue weighted by molar-refractivity contribution is 6.10. The third-order valence-corrected chi connectivity index (χ3v) is 4.43. The number of nitrogens with zero attached hydrogens (tertiary/aromatic N) is 1. The Morgan fingerprint density at radius 3 is 2.44 bits per heavy atom. The largest absolute Gasteiger partial charge is 0.503 e. The predicted octanol–water partition coefficient (Wildman–Crippen LogP) is 4.33. The van der Waals surface area contributed by atoms with Crippen LogP contribution in [0.3, 0.4) is 0 Å². The minimum atomic E-state index is -0.878. The van der Waals surface area contributed by atoms with E-state index in [2.05, 4.69) is 0 Å². The van der Waals surface area contributed by atoms with Crippen molar-refractivity contribution in [2.75, 3.05) is 6.54 Å². The number of carbonyl (C=O) groups is 2. The number of benzene rings is 1. The molecule has 1 aromatic rings. The van der Waals surface area contributed by atoms with Gasteiger partial charge in [0.15, 0.2) is 11.5 Å². The summed E-state index contributed by atoms with van der Waals surface area (Å²) in [5.74, 6) is -1.99. The van der Waals surface area contributed by atoms with E-state index >= 15 is 0 Å². The minimum absolute atomic E-state index is 0.000835. The fourth-order valence-corrected chi connectivity index (χ4v) is 3.07. The predicted molar refractivity (Wildman–Crippen MR) is 94.5 cm³/mol. The van der Waals surface area contributed by atoms with Crippen LogP contribution in [0.25, 0.3) is 0 Å². The molecule has 0 bridgehead atoms. The molecular weight excluding hydrogens is 321 g/mol. The van der Waals surface area contributed by atoms with Crippen molar-refractivity contribution in [2.24, 2.45) is 5.41 Å². The summed E-state index contributed by atoms with van der Waals surface area (Å²) in [5.41, 5.74) is -0.546. The topological polar surface area (TPSA) is 57.6 Å². The monoisotopic (exact) mass is 347 g/mol. The molecule has 25 heavy (non-hydrogen) atoms. The van der Waals surface area contributed by atoms with Crippen LogP contribution in [0.4, 0.5) is 4.39 Å². The maximum Gasteiger partial charge on any atom is 0.290 e. The van der Waals surface area contributed by atoms with E-state index in [1.165, 1.54) is 11.0 Å². The molecule has 1 unspecified atom stereocenters. The molecule has 0 saturated carbocycles. The minimum Gasteiger partial charge on any atom is -0.503 e. The average molecular weight is 347 g/mol. The third kappa shape index (κ3) is 3.75. The SMILES string of the molecule is CCCCCN1C(=O)C(O)=C(C(=O)C(C)(C)C)C1c1ccccc1F. The molecule has 0 radical (unpaired) electrons. The van der Waals surface area contributed by atoms with Gasteiger partial charge in [0.25, 0.3) is 5.91 Å². The zero-order valence-corrected chi connectivity index (χ0v) is 15.3. The van der Waals surface area contributed by atoms with Gasteiger partial charge in [-0.3, -0.25) is 9.59 Å². The number of aliphatic hydroxyl groups excluding tert-OH is 1. The van der Waals surface area contributed by atoms with Crippen molar-refractivity contribution < 1.29 is 19.1 Å². The molecule has 0 fully saturated rings. The number of carbonyl (C=O) groups excluding carboxylic acids is 2. The van der Waals surface area contributed by atoms with Gasteiger partial charge in [0.2, 0.25) is 0 Å². The van der Waals surface area contributed by atoms with Gasteiger partial charge in [0.05, 0.1) is 11.6 Å². The first-order valence-corrected chi connectivity index (χ1v) is 8.73. The van der Waals surface area contributed by atoms with Crippen molar-refractivity contribution in [3.8, 4) is 0 Å². The summed E-state index contributed by atoms with van der Waals surface area (Å²) in [6, 6.07) is 5.22. The van der Waals surface area contributed by atoms with Gasteiger partial charge in [-0.1, -0.05) is 58.7 Å². The third-order valence-electron chi connectivity index (χ3n) is 4.43. The molecule has 1 aromatic carbocycles. The van der Waals surface area contributed by atoms with E-state index in [1.54, 1.807) is 39.0 Å².